The van der Waals surface area contributed by atoms with Crippen molar-refractivity contribution in [3.8, 4) is 0 Å². The predicted molar refractivity (Wildman–Crippen MR) is 47.5 cm³/mol. The molecule has 1 rings (SSSR count). The molecule has 0 radical (unpaired) electrons. The summed E-state index contributed by atoms with van der Waals surface area (Å²) in [7, 11) is 0. The molecule has 1 aromatic rings. The molecule has 0 aromatic heterocycles. The van der Waals surface area contributed by atoms with Gasteiger partial charge in [-0.15, -0.1) is 0 Å². The van der Waals surface area contributed by atoms with Crippen LogP contribution >= 0.6 is 15.9 Å². The molecular weight excluding hydrogens is 225 g/mol. The van der Waals surface area contributed by atoms with E-state index < -0.39 is 0 Å². The zero-order valence-electron chi connectivity index (χ0n) is 6.56. The fourth-order valence-electron chi connectivity index (χ4n) is 0.963. The number of hydrogen-bond acceptors (Lipinski definition) is 2. The third-order valence-corrected chi connectivity index (χ3v) is 2.26. The number of hydroxylamine groups is 1. The third kappa shape index (κ3) is 2.03. The molecular formula is C8H9BrFNO. The second kappa shape index (κ2) is 3.98. The Morgan fingerprint density at radius 2 is 2.25 bits per heavy atom. The van der Waals surface area contributed by atoms with Crippen molar-refractivity contribution in [2.24, 2.45) is 0 Å². The second-order valence-electron chi connectivity index (χ2n) is 2.53. The van der Waals surface area contributed by atoms with E-state index in [0.717, 1.165) is 11.1 Å². The third-order valence-electron chi connectivity index (χ3n) is 1.65. The van der Waals surface area contributed by atoms with Crippen LogP contribution in [0.15, 0.2) is 16.6 Å². The summed E-state index contributed by atoms with van der Waals surface area (Å²) < 4.78 is 13.3. The van der Waals surface area contributed by atoms with Gasteiger partial charge >= 0.3 is 0 Å². The van der Waals surface area contributed by atoms with Crippen molar-refractivity contribution in [2.75, 3.05) is 0 Å². The van der Waals surface area contributed by atoms with Crippen LogP contribution in [-0.2, 0) is 6.54 Å². The number of benzene rings is 1. The number of rotatable bonds is 2. The number of halogens is 2. The van der Waals surface area contributed by atoms with E-state index in [0.29, 0.717) is 11.0 Å². The lowest BCUT2D eigenvalue weighted by Crippen LogP contribution is -2.07. The molecule has 2 N–H and O–H groups in total. The molecule has 0 unspecified atom stereocenters. The van der Waals surface area contributed by atoms with E-state index in [1.807, 2.05) is 5.48 Å². The quantitative estimate of drug-likeness (QED) is 0.770. The topological polar surface area (TPSA) is 32.3 Å². The van der Waals surface area contributed by atoms with E-state index in [9.17, 15) is 4.39 Å². The van der Waals surface area contributed by atoms with Gasteiger partial charge in [-0.1, -0.05) is 0 Å². The minimum absolute atomic E-state index is 0.283. The van der Waals surface area contributed by atoms with E-state index in [4.69, 9.17) is 5.21 Å². The molecule has 1 aromatic carbocycles. The summed E-state index contributed by atoms with van der Waals surface area (Å²) in [6, 6.07) is 3.07. The van der Waals surface area contributed by atoms with Gasteiger partial charge in [0.25, 0.3) is 0 Å². The average Bonchev–Trinajstić information content (AvgIpc) is 2.01. The van der Waals surface area contributed by atoms with E-state index in [1.54, 1.807) is 13.0 Å². The summed E-state index contributed by atoms with van der Waals surface area (Å²) in [6.45, 7) is 2.12. The predicted octanol–water partition coefficient (Wildman–Crippen LogP) is 2.38. The Kier molecular flexibility index (Phi) is 3.20. The highest BCUT2D eigenvalue weighted by Crippen LogP contribution is 2.20. The van der Waals surface area contributed by atoms with Crippen molar-refractivity contribution in [3.63, 3.8) is 0 Å². The van der Waals surface area contributed by atoms with Crippen molar-refractivity contribution in [1.82, 2.24) is 5.48 Å². The van der Waals surface area contributed by atoms with Gasteiger partial charge in [-0.3, -0.25) is 0 Å². The van der Waals surface area contributed by atoms with Crippen LogP contribution in [0.5, 0.6) is 0 Å². The standard InChI is InChI=1S/C8H9BrFNO/c1-5-2-8(10)7(9)3-6(5)4-11-12/h2-3,11-12H,4H2,1H3. The van der Waals surface area contributed by atoms with Crippen LogP contribution in [0.1, 0.15) is 11.1 Å². The van der Waals surface area contributed by atoms with Gasteiger partial charge in [-0.25, -0.2) is 9.87 Å². The molecule has 0 saturated heterocycles. The first kappa shape index (κ1) is 9.64. The highest BCUT2D eigenvalue weighted by Gasteiger charge is 2.03. The molecule has 0 bridgehead atoms. The van der Waals surface area contributed by atoms with Crippen LogP contribution in [0.4, 0.5) is 4.39 Å². The van der Waals surface area contributed by atoms with Gasteiger partial charge in [-0.2, -0.15) is 0 Å². The number of nitrogens with one attached hydrogen (secondary N) is 1. The van der Waals surface area contributed by atoms with E-state index >= 15 is 0 Å². The molecule has 0 amide bonds. The van der Waals surface area contributed by atoms with Crippen molar-refractivity contribution >= 4 is 15.9 Å². The number of aryl methyl sites for hydroxylation is 1. The summed E-state index contributed by atoms with van der Waals surface area (Å²) >= 11 is 3.07. The molecule has 0 aliphatic carbocycles. The first-order valence-corrected chi connectivity index (χ1v) is 4.26. The summed E-state index contributed by atoms with van der Waals surface area (Å²) in [4.78, 5) is 0. The zero-order valence-corrected chi connectivity index (χ0v) is 8.15. The fourth-order valence-corrected chi connectivity index (χ4v) is 1.35. The van der Waals surface area contributed by atoms with Crippen LogP contribution in [0.2, 0.25) is 0 Å². The molecule has 0 heterocycles. The second-order valence-corrected chi connectivity index (χ2v) is 3.38. The lowest BCUT2D eigenvalue weighted by Gasteiger charge is -2.05. The maximum atomic E-state index is 12.9. The van der Waals surface area contributed by atoms with Gasteiger partial charge < -0.3 is 5.21 Å². The molecule has 0 spiro atoms. The van der Waals surface area contributed by atoms with Crippen molar-refractivity contribution in [3.05, 3.63) is 33.5 Å². The minimum Gasteiger partial charge on any atom is -0.316 e. The Hall–Kier alpha value is -0.450. The van der Waals surface area contributed by atoms with Gasteiger partial charge in [0.05, 0.1) is 4.47 Å². The Labute approximate surface area is 78.5 Å². The molecule has 12 heavy (non-hydrogen) atoms. The van der Waals surface area contributed by atoms with Crippen LogP contribution < -0.4 is 5.48 Å². The maximum absolute atomic E-state index is 12.9. The molecule has 0 fully saturated rings. The SMILES string of the molecule is Cc1cc(F)c(Br)cc1CNO. The van der Waals surface area contributed by atoms with Crippen LogP contribution in [0.25, 0.3) is 0 Å². The van der Waals surface area contributed by atoms with Crippen LogP contribution in [0.3, 0.4) is 0 Å². The molecule has 0 aliphatic rings. The number of hydrogen-bond donors (Lipinski definition) is 2. The summed E-state index contributed by atoms with van der Waals surface area (Å²) in [5.41, 5.74) is 3.71. The first-order chi connectivity index (χ1) is 5.65. The Bertz CT molecular complexity index is 291. The highest BCUT2D eigenvalue weighted by molar-refractivity contribution is 9.10. The smallest absolute Gasteiger partial charge is 0.137 e. The molecule has 0 aliphatic heterocycles. The molecule has 0 saturated carbocycles. The fraction of sp³-hybridized carbons (Fsp3) is 0.250. The van der Waals surface area contributed by atoms with Gasteiger partial charge in [0.15, 0.2) is 0 Å². The van der Waals surface area contributed by atoms with E-state index in [-0.39, 0.29) is 5.82 Å². The zero-order chi connectivity index (χ0) is 9.14. The largest absolute Gasteiger partial charge is 0.316 e. The molecule has 0 atom stereocenters. The average molecular weight is 234 g/mol. The Morgan fingerprint density at radius 3 is 2.83 bits per heavy atom. The van der Waals surface area contributed by atoms with Gasteiger partial charge in [-0.05, 0) is 46.1 Å². The van der Waals surface area contributed by atoms with Crippen molar-refractivity contribution < 1.29 is 9.60 Å². The lowest BCUT2D eigenvalue weighted by atomic mass is 10.1. The monoisotopic (exact) mass is 233 g/mol. The van der Waals surface area contributed by atoms with Gasteiger partial charge in [0, 0.05) is 6.54 Å². The van der Waals surface area contributed by atoms with E-state index in [1.165, 1.54) is 6.07 Å². The van der Waals surface area contributed by atoms with Gasteiger partial charge in [0.2, 0.25) is 0 Å². The Morgan fingerprint density at radius 1 is 1.58 bits per heavy atom. The summed E-state index contributed by atoms with van der Waals surface area (Å²) in [5, 5.41) is 8.45. The molecule has 2 nitrogen and oxygen atoms in total. The van der Waals surface area contributed by atoms with Crippen LogP contribution in [0, 0.1) is 12.7 Å². The molecule has 4 heteroatoms. The lowest BCUT2D eigenvalue weighted by molar-refractivity contribution is 0.161. The summed E-state index contributed by atoms with van der Waals surface area (Å²) in [6.07, 6.45) is 0. The van der Waals surface area contributed by atoms with Crippen molar-refractivity contribution in [2.45, 2.75) is 13.5 Å². The maximum Gasteiger partial charge on any atom is 0.137 e. The normalized spacial score (nSPS) is 10.3. The van der Waals surface area contributed by atoms with Crippen LogP contribution in [-0.4, -0.2) is 5.21 Å². The molecule has 66 valence electrons. The van der Waals surface area contributed by atoms with Gasteiger partial charge in [0.1, 0.15) is 5.82 Å². The highest BCUT2D eigenvalue weighted by atomic mass is 79.9. The minimum atomic E-state index is -0.283. The van der Waals surface area contributed by atoms with Crippen molar-refractivity contribution in [1.29, 1.82) is 0 Å². The first-order valence-electron chi connectivity index (χ1n) is 3.46. The summed E-state index contributed by atoms with van der Waals surface area (Å²) in [5.74, 6) is -0.283. The Balaban J connectivity index is 3.05. The van der Waals surface area contributed by atoms with E-state index in [2.05, 4.69) is 15.9 Å².